The quantitative estimate of drug-likeness (QED) is 0.739. The molecule has 1 heterocycles. The fourth-order valence-electron chi connectivity index (χ4n) is 2.06. The summed E-state index contributed by atoms with van der Waals surface area (Å²) in [4.78, 5) is 0.768. The van der Waals surface area contributed by atoms with Crippen LogP contribution in [0, 0.1) is 0 Å². The molecular weight excluding hydrogens is 399 g/mol. The van der Waals surface area contributed by atoms with Crippen molar-refractivity contribution in [2.75, 3.05) is 13.7 Å². The SMILES string of the molecule is COC(CNS(=O)(=O)Cc1ccc(C(F)(F)F)cc1)c1ccc(Cl)s1. The first-order valence-corrected chi connectivity index (χ1v) is 9.87. The zero-order valence-electron chi connectivity index (χ0n) is 13.0. The third kappa shape index (κ3) is 5.96. The van der Waals surface area contributed by atoms with Crippen molar-refractivity contribution in [1.82, 2.24) is 4.72 Å². The molecule has 10 heteroatoms. The first-order valence-electron chi connectivity index (χ1n) is 7.02. The van der Waals surface area contributed by atoms with Crippen molar-refractivity contribution in [3.8, 4) is 0 Å². The maximum atomic E-state index is 12.5. The molecule has 0 aliphatic carbocycles. The van der Waals surface area contributed by atoms with Gasteiger partial charge >= 0.3 is 6.18 Å². The highest BCUT2D eigenvalue weighted by Gasteiger charge is 2.30. The Bertz CT molecular complexity index is 804. The van der Waals surface area contributed by atoms with Crippen LogP contribution in [-0.4, -0.2) is 22.1 Å². The predicted octanol–water partition coefficient (Wildman–Crippen LogP) is 4.23. The standard InChI is InChI=1S/C15H15ClF3NO3S2/c1-23-12(13-6-7-14(16)24-13)8-20-25(21,22)9-10-2-4-11(5-3-10)15(17,18)19/h2-7,12,20H,8-9H2,1H3. The predicted molar refractivity (Wildman–Crippen MR) is 91.1 cm³/mol. The van der Waals surface area contributed by atoms with Crippen LogP contribution in [0.5, 0.6) is 0 Å². The van der Waals surface area contributed by atoms with E-state index >= 15 is 0 Å². The van der Waals surface area contributed by atoms with Crippen molar-refractivity contribution in [3.63, 3.8) is 0 Å². The molecule has 0 spiro atoms. The summed E-state index contributed by atoms with van der Waals surface area (Å²) >= 11 is 7.13. The molecule has 0 bridgehead atoms. The van der Waals surface area contributed by atoms with E-state index in [0.29, 0.717) is 4.34 Å². The number of nitrogens with one attached hydrogen (secondary N) is 1. The zero-order chi connectivity index (χ0) is 18.7. The van der Waals surface area contributed by atoms with E-state index < -0.39 is 33.6 Å². The Morgan fingerprint density at radius 2 is 1.84 bits per heavy atom. The van der Waals surface area contributed by atoms with Crippen molar-refractivity contribution < 1.29 is 26.3 Å². The number of hydrogen-bond acceptors (Lipinski definition) is 4. The molecule has 0 radical (unpaired) electrons. The van der Waals surface area contributed by atoms with E-state index in [0.717, 1.165) is 29.1 Å². The normalized spacial score (nSPS) is 13.8. The van der Waals surface area contributed by atoms with Crippen LogP contribution in [0.1, 0.15) is 22.1 Å². The molecule has 1 aromatic heterocycles. The number of ether oxygens (including phenoxy) is 1. The van der Waals surface area contributed by atoms with Gasteiger partial charge in [0.2, 0.25) is 10.0 Å². The minimum atomic E-state index is -4.46. The Balaban J connectivity index is 1.99. The maximum absolute atomic E-state index is 12.5. The number of rotatable bonds is 7. The van der Waals surface area contributed by atoms with Crippen LogP contribution in [0.2, 0.25) is 4.34 Å². The highest BCUT2D eigenvalue weighted by Crippen LogP contribution is 2.30. The summed E-state index contributed by atoms with van der Waals surface area (Å²) in [5.74, 6) is -0.424. The monoisotopic (exact) mass is 413 g/mol. The Labute approximate surface area is 152 Å². The number of halogens is 4. The van der Waals surface area contributed by atoms with E-state index in [4.69, 9.17) is 16.3 Å². The number of benzene rings is 1. The van der Waals surface area contributed by atoms with Crippen molar-refractivity contribution in [2.24, 2.45) is 0 Å². The molecule has 1 N–H and O–H groups in total. The number of hydrogen-bond donors (Lipinski definition) is 1. The number of sulfonamides is 1. The first kappa shape index (κ1) is 20.2. The van der Waals surface area contributed by atoms with E-state index in [2.05, 4.69) is 4.72 Å². The van der Waals surface area contributed by atoms with Gasteiger partial charge in [0.1, 0.15) is 6.10 Å². The van der Waals surface area contributed by atoms with Gasteiger partial charge in [-0.1, -0.05) is 23.7 Å². The van der Waals surface area contributed by atoms with Crippen LogP contribution in [0.3, 0.4) is 0 Å². The third-order valence-corrected chi connectivity index (χ3v) is 5.97. The van der Waals surface area contributed by atoms with Gasteiger partial charge in [-0.15, -0.1) is 11.3 Å². The summed E-state index contributed by atoms with van der Waals surface area (Å²) in [7, 11) is -2.28. The van der Waals surface area contributed by atoms with Crippen LogP contribution in [0.15, 0.2) is 36.4 Å². The molecule has 1 unspecified atom stereocenters. The Hall–Kier alpha value is -1.13. The second-order valence-electron chi connectivity index (χ2n) is 5.17. The van der Waals surface area contributed by atoms with Gasteiger partial charge in [0.15, 0.2) is 0 Å². The topological polar surface area (TPSA) is 55.4 Å². The van der Waals surface area contributed by atoms with E-state index in [1.54, 1.807) is 12.1 Å². The molecule has 0 saturated heterocycles. The smallest absolute Gasteiger partial charge is 0.375 e. The third-order valence-electron chi connectivity index (χ3n) is 3.32. The van der Waals surface area contributed by atoms with Gasteiger partial charge in [-0.25, -0.2) is 13.1 Å². The van der Waals surface area contributed by atoms with Crippen LogP contribution in [0.4, 0.5) is 13.2 Å². The largest absolute Gasteiger partial charge is 0.416 e. The number of methoxy groups -OCH3 is 1. The van der Waals surface area contributed by atoms with E-state index in [1.165, 1.54) is 18.4 Å². The average molecular weight is 414 g/mol. The summed E-state index contributed by atoms with van der Waals surface area (Å²) in [6.45, 7) is -0.00366. The van der Waals surface area contributed by atoms with Gasteiger partial charge in [-0.05, 0) is 29.8 Å². The summed E-state index contributed by atoms with van der Waals surface area (Å²) < 4.78 is 70.0. The summed E-state index contributed by atoms with van der Waals surface area (Å²) in [6, 6.07) is 7.44. The molecule has 0 fully saturated rings. The molecule has 0 amide bonds. The fourth-order valence-corrected chi connectivity index (χ4v) is 4.34. The molecule has 0 saturated carbocycles. The molecule has 138 valence electrons. The Morgan fingerprint density at radius 1 is 1.20 bits per heavy atom. The van der Waals surface area contributed by atoms with Crippen LogP contribution < -0.4 is 4.72 Å². The lowest BCUT2D eigenvalue weighted by Gasteiger charge is -2.15. The van der Waals surface area contributed by atoms with Crippen LogP contribution >= 0.6 is 22.9 Å². The second-order valence-corrected chi connectivity index (χ2v) is 8.72. The molecule has 0 aliphatic rings. The lowest BCUT2D eigenvalue weighted by Crippen LogP contribution is -2.30. The summed E-state index contributed by atoms with van der Waals surface area (Å²) in [5.41, 5.74) is -0.565. The van der Waals surface area contributed by atoms with Crippen molar-refractivity contribution in [2.45, 2.75) is 18.0 Å². The van der Waals surface area contributed by atoms with Crippen molar-refractivity contribution >= 4 is 33.0 Å². The maximum Gasteiger partial charge on any atom is 0.416 e. The fraction of sp³-hybridized carbons (Fsp3) is 0.333. The number of thiophene rings is 1. The van der Waals surface area contributed by atoms with Crippen molar-refractivity contribution in [3.05, 3.63) is 56.7 Å². The molecule has 0 aliphatic heterocycles. The van der Waals surface area contributed by atoms with Gasteiger partial charge in [0.05, 0.1) is 15.7 Å². The van der Waals surface area contributed by atoms with Crippen molar-refractivity contribution in [1.29, 1.82) is 0 Å². The van der Waals surface area contributed by atoms with Crippen LogP contribution in [0.25, 0.3) is 0 Å². The Kier molecular flexibility index (Phi) is 6.50. The van der Waals surface area contributed by atoms with E-state index in [1.807, 2.05) is 0 Å². The highest BCUT2D eigenvalue weighted by molar-refractivity contribution is 7.88. The average Bonchev–Trinajstić information content (AvgIpc) is 2.93. The molecule has 2 rings (SSSR count). The molecule has 1 atom stereocenters. The second kappa shape index (κ2) is 8.05. The lowest BCUT2D eigenvalue weighted by atomic mass is 10.1. The first-order chi connectivity index (χ1) is 11.6. The minimum Gasteiger partial charge on any atom is -0.375 e. The van der Waals surface area contributed by atoms with Gasteiger partial charge in [0, 0.05) is 18.5 Å². The highest BCUT2D eigenvalue weighted by atomic mass is 35.5. The molecule has 25 heavy (non-hydrogen) atoms. The Morgan fingerprint density at radius 3 is 2.32 bits per heavy atom. The summed E-state index contributed by atoms with van der Waals surface area (Å²) in [5, 5.41) is 0. The minimum absolute atomic E-state index is 0.00366. The molecular formula is C15H15ClF3NO3S2. The molecule has 2 aromatic rings. The zero-order valence-corrected chi connectivity index (χ0v) is 15.4. The van der Waals surface area contributed by atoms with Gasteiger partial charge in [0.25, 0.3) is 0 Å². The molecule has 4 nitrogen and oxygen atoms in total. The van der Waals surface area contributed by atoms with Gasteiger partial charge in [-0.3, -0.25) is 0 Å². The van der Waals surface area contributed by atoms with Crippen LogP contribution in [-0.2, 0) is 26.7 Å². The van der Waals surface area contributed by atoms with E-state index in [-0.39, 0.29) is 12.1 Å². The number of alkyl halides is 3. The van der Waals surface area contributed by atoms with Gasteiger partial charge in [-0.2, -0.15) is 13.2 Å². The molecule has 1 aromatic carbocycles. The summed E-state index contributed by atoms with van der Waals surface area (Å²) in [6.07, 6.45) is -4.96. The van der Waals surface area contributed by atoms with Gasteiger partial charge < -0.3 is 4.74 Å². The lowest BCUT2D eigenvalue weighted by molar-refractivity contribution is -0.137. The van der Waals surface area contributed by atoms with E-state index in [9.17, 15) is 21.6 Å².